The highest BCUT2D eigenvalue weighted by Gasteiger charge is 2.31. The Labute approximate surface area is 145 Å². The summed E-state index contributed by atoms with van der Waals surface area (Å²) in [4.78, 5) is 5.22. The lowest BCUT2D eigenvalue weighted by atomic mass is 10.3. The number of aromatic nitrogens is 4. The first kappa shape index (κ1) is 18.9. The molecule has 0 amide bonds. The summed E-state index contributed by atoms with van der Waals surface area (Å²) in [5.74, 6) is -0.00101. The van der Waals surface area contributed by atoms with Gasteiger partial charge in [-0.1, -0.05) is 6.07 Å². The first-order valence-electron chi connectivity index (χ1n) is 5.97. The van der Waals surface area contributed by atoms with Gasteiger partial charge < -0.3 is 15.8 Å². The van der Waals surface area contributed by atoms with Gasteiger partial charge in [0.15, 0.2) is 11.8 Å². The summed E-state index contributed by atoms with van der Waals surface area (Å²) in [6.45, 7) is 0.0887. The van der Waals surface area contributed by atoms with Crippen LogP contribution in [0.15, 0.2) is 29.3 Å². The Bertz CT molecular complexity index is 674. The first-order chi connectivity index (χ1) is 10.3. The molecule has 3 N–H and O–H groups in total. The second-order valence-corrected chi connectivity index (χ2v) is 4.10. The van der Waals surface area contributed by atoms with Crippen molar-refractivity contribution in [3.63, 3.8) is 0 Å². The number of benzene rings is 1. The molecule has 0 fully saturated rings. The quantitative estimate of drug-likeness (QED) is 0.424. The molecular formula is C11H13F3IN7O. The van der Waals surface area contributed by atoms with Crippen molar-refractivity contribution < 1.29 is 17.9 Å². The standard InChI is InChI=1S/C11H12F3N7O.HI/c1-21-19-9(18-20-21)6-16-10(15)17-7-3-2-4-8(5-7)22-11(12,13)14;/h2-5H,6H2,1H3,(H3,15,16,17);1H. The molecule has 126 valence electrons. The van der Waals surface area contributed by atoms with Crippen molar-refractivity contribution in [2.24, 2.45) is 17.8 Å². The summed E-state index contributed by atoms with van der Waals surface area (Å²) < 4.78 is 40.2. The topological polar surface area (TPSA) is 103 Å². The molecule has 0 aliphatic heterocycles. The highest BCUT2D eigenvalue weighted by Crippen LogP contribution is 2.24. The zero-order chi connectivity index (χ0) is 16.2. The first-order valence-corrected chi connectivity index (χ1v) is 5.97. The van der Waals surface area contributed by atoms with Crippen LogP contribution in [-0.2, 0) is 13.6 Å². The Hall–Kier alpha value is -2.12. The van der Waals surface area contributed by atoms with Crippen LogP contribution in [0.1, 0.15) is 5.82 Å². The number of aryl methyl sites for hydroxylation is 1. The molecule has 0 spiro atoms. The van der Waals surface area contributed by atoms with Gasteiger partial charge in [0, 0.05) is 11.8 Å². The Kier molecular flexibility index (Phi) is 6.53. The van der Waals surface area contributed by atoms with Gasteiger partial charge >= 0.3 is 6.36 Å². The number of hydrogen-bond donors (Lipinski definition) is 2. The molecule has 8 nitrogen and oxygen atoms in total. The summed E-state index contributed by atoms with van der Waals surface area (Å²) in [5.41, 5.74) is 5.93. The fraction of sp³-hybridized carbons (Fsp3) is 0.273. The third kappa shape index (κ3) is 6.66. The number of aliphatic imine (C=N–C) groups is 1. The van der Waals surface area contributed by atoms with Gasteiger partial charge in [0.1, 0.15) is 12.3 Å². The second kappa shape index (κ2) is 7.94. The average Bonchev–Trinajstić information content (AvgIpc) is 2.81. The normalized spacial score (nSPS) is 11.7. The SMILES string of the molecule is Cn1nnc(CN=C(N)Nc2cccc(OC(F)(F)F)c2)n1.I. The molecule has 1 heterocycles. The number of tetrazole rings is 1. The molecule has 0 aliphatic rings. The van der Waals surface area contributed by atoms with Gasteiger partial charge in [0.2, 0.25) is 0 Å². The molecule has 1 aromatic carbocycles. The van der Waals surface area contributed by atoms with E-state index in [4.69, 9.17) is 5.73 Å². The molecule has 0 saturated carbocycles. The molecule has 0 radical (unpaired) electrons. The van der Waals surface area contributed by atoms with Crippen LogP contribution >= 0.6 is 24.0 Å². The highest BCUT2D eigenvalue weighted by atomic mass is 127. The number of anilines is 1. The fourth-order valence-electron chi connectivity index (χ4n) is 1.50. The lowest BCUT2D eigenvalue weighted by molar-refractivity contribution is -0.274. The Morgan fingerprint density at radius 1 is 1.43 bits per heavy atom. The Balaban J connectivity index is 0.00000264. The van der Waals surface area contributed by atoms with E-state index in [2.05, 4.69) is 30.5 Å². The van der Waals surface area contributed by atoms with Crippen LogP contribution in [0.4, 0.5) is 18.9 Å². The number of alkyl halides is 3. The van der Waals surface area contributed by atoms with Gasteiger partial charge in [-0.15, -0.1) is 47.3 Å². The molecule has 23 heavy (non-hydrogen) atoms. The van der Waals surface area contributed by atoms with Crippen LogP contribution in [0.3, 0.4) is 0 Å². The van der Waals surface area contributed by atoms with Crippen molar-refractivity contribution in [3.05, 3.63) is 30.1 Å². The van der Waals surface area contributed by atoms with E-state index in [1.807, 2.05) is 0 Å². The van der Waals surface area contributed by atoms with E-state index >= 15 is 0 Å². The van der Waals surface area contributed by atoms with Gasteiger partial charge in [-0.2, -0.15) is 4.80 Å². The summed E-state index contributed by atoms with van der Waals surface area (Å²) >= 11 is 0. The van der Waals surface area contributed by atoms with Crippen molar-refractivity contribution in [2.45, 2.75) is 12.9 Å². The number of halogens is 4. The number of guanidine groups is 1. The fourth-order valence-corrected chi connectivity index (χ4v) is 1.50. The van der Waals surface area contributed by atoms with E-state index in [0.29, 0.717) is 11.5 Å². The van der Waals surface area contributed by atoms with Crippen LogP contribution in [0.25, 0.3) is 0 Å². The zero-order valence-electron chi connectivity index (χ0n) is 11.8. The van der Waals surface area contributed by atoms with Crippen LogP contribution in [0, 0.1) is 0 Å². The largest absolute Gasteiger partial charge is 0.573 e. The summed E-state index contributed by atoms with van der Waals surface area (Å²) in [6.07, 6.45) is -4.75. The van der Waals surface area contributed by atoms with Crippen LogP contribution in [0.5, 0.6) is 5.75 Å². The average molecular weight is 443 g/mol. The Morgan fingerprint density at radius 2 is 2.17 bits per heavy atom. The van der Waals surface area contributed by atoms with Gasteiger partial charge in [-0.05, 0) is 17.3 Å². The molecule has 2 rings (SSSR count). The molecule has 2 aromatic rings. The third-order valence-electron chi connectivity index (χ3n) is 2.28. The van der Waals surface area contributed by atoms with E-state index in [1.54, 1.807) is 7.05 Å². The van der Waals surface area contributed by atoms with Crippen molar-refractivity contribution in [2.75, 3.05) is 5.32 Å². The molecule has 0 aliphatic carbocycles. The van der Waals surface area contributed by atoms with Crippen molar-refractivity contribution >= 4 is 35.6 Å². The second-order valence-electron chi connectivity index (χ2n) is 4.10. The van der Waals surface area contributed by atoms with Crippen molar-refractivity contribution in [1.29, 1.82) is 0 Å². The highest BCUT2D eigenvalue weighted by molar-refractivity contribution is 14.0. The molecule has 0 bridgehead atoms. The number of nitrogens with zero attached hydrogens (tertiary/aromatic N) is 5. The lowest BCUT2D eigenvalue weighted by Crippen LogP contribution is -2.23. The minimum absolute atomic E-state index is 0. The number of nitrogens with one attached hydrogen (secondary N) is 1. The van der Waals surface area contributed by atoms with Crippen molar-refractivity contribution in [3.8, 4) is 5.75 Å². The monoisotopic (exact) mass is 443 g/mol. The maximum Gasteiger partial charge on any atom is 0.573 e. The van der Waals surface area contributed by atoms with Crippen molar-refractivity contribution in [1.82, 2.24) is 20.2 Å². The predicted molar refractivity (Wildman–Crippen MR) is 86.3 cm³/mol. The van der Waals surface area contributed by atoms with Gasteiger partial charge in [-0.25, -0.2) is 4.99 Å². The number of nitrogens with two attached hydrogens (primary N) is 1. The molecular weight excluding hydrogens is 430 g/mol. The molecule has 1 aromatic heterocycles. The molecule has 12 heteroatoms. The zero-order valence-corrected chi connectivity index (χ0v) is 14.1. The Morgan fingerprint density at radius 3 is 2.78 bits per heavy atom. The molecule has 0 atom stereocenters. The summed E-state index contributed by atoms with van der Waals surface area (Å²) in [6, 6.07) is 5.24. The van der Waals surface area contributed by atoms with E-state index < -0.39 is 6.36 Å². The van der Waals surface area contributed by atoms with E-state index in [9.17, 15) is 13.2 Å². The van der Waals surface area contributed by atoms with E-state index in [-0.39, 0.29) is 42.2 Å². The molecule has 0 unspecified atom stereocenters. The van der Waals surface area contributed by atoms with Gasteiger partial charge in [0.25, 0.3) is 0 Å². The minimum Gasteiger partial charge on any atom is -0.406 e. The van der Waals surface area contributed by atoms with Crippen LogP contribution < -0.4 is 15.8 Å². The maximum absolute atomic E-state index is 12.1. The third-order valence-corrected chi connectivity index (χ3v) is 2.28. The lowest BCUT2D eigenvalue weighted by Gasteiger charge is -2.10. The van der Waals surface area contributed by atoms with Gasteiger partial charge in [0.05, 0.1) is 7.05 Å². The maximum atomic E-state index is 12.1. The minimum atomic E-state index is -4.75. The van der Waals surface area contributed by atoms with Crippen LogP contribution in [0.2, 0.25) is 0 Å². The number of rotatable bonds is 4. The predicted octanol–water partition coefficient (Wildman–Crippen LogP) is 1.65. The summed E-state index contributed by atoms with van der Waals surface area (Å²) in [7, 11) is 1.61. The molecule has 0 saturated heterocycles. The number of hydrogen-bond acceptors (Lipinski definition) is 5. The van der Waals surface area contributed by atoms with E-state index in [0.717, 1.165) is 6.07 Å². The number of ether oxygens (including phenoxy) is 1. The summed E-state index contributed by atoms with van der Waals surface area (Å²) in [5, 5.41) is 13.9. The van der Waals surface area contributed by atoms with Crippen LogP contribution in [-0.4, -0.2) is 32.5 Å². The van der Waals surface area contributed by atoms with E-state index in [1.165, 1.54) is 23.0 Å². The van der Waals surface area contributed by atoms with Gasteiger partial charge in [-0.3, -0.25) is 0 Å². The smallest absolute Gasteiger partial charge is 0.406 e.